The van der Waals surface area contributed by atoms with E-state index in [4.69, 9.17) is 4.74 Å². The molecular weight excluding hydrogens is 392 g/mol. The van der Waals surface area contributed by atoms with Crippen molar-refractivity contribution in [1.29, 1.82) is 0 Å². The lowest BCUT2D eigenvalue weighted by atomic mass is 9.79. The molecule has 0 amide bonds. The van der Waals surface area contributed by atoms with Crippen molar-refractivity contribution in [3.05, 3.63) is 12.7 Å². The van der Waals surface area contributed by atoms with Gasteiger partial charge in [-0.2, -0.15) is 5.06 Å². The number of aliphatic hydroxyl groups is 3. The maximum atomic E-state index is 10.5. The first-order chi connectivity index (χ1) is 14.0. The SMILES string of the molecule is CC1(C)CC(Nc2ncnc3c2ncn3C2OC(CO)C(O)C2O)CC(C)(C)N1O. The Hall–Kier alpha value is -1.89. The largest absolute Gasteiger partial charge is 0.394 e. The van der Waals surface area contributed by atoms with Crippen LogP contribution >= 0.6 is 0 Å². The molecule has 2 aliphatic heterocycles. The molecule has 2 aromatic heterocycles. The lowest BCUT2D eigenvalue weighted by molar-refractivity contribution is -0.243. The lowest BCUT2D eigenvalue weighted by Gasteiger charge is -2.51. The van der Waals surface area contributed by atoms with Gasteiger partial charge in [-0.25, -0.2) is 15.0 Å². The zero-order valence-electron chi connectivity index (χ0n) is 17.6. The number of hydroxylamine groups is 2. The Labute approximate surface area is 174 Å². The van der Waals surface area contributed by atoms with Crippen molar-refractivity contribution < 1.29 is 25.3 Å². The fraction of sp³-hybridized carbons (Fsp3) is 0.737. The number of hydrogen-bond donors (Lipinski definition) is 5. The minimum Gasteiger partial charge on any atom is -0.394 e. The Morgan fingerprint density at radius 3 is 2.37 bits per heavy atom. The van der Waals surface area contributed by atoms with E-state index in [0.29, 0.717) is 29.8 Å². The molecule has 4 heterocycles. The van der Waals surface area contributed by atoms with E-state index in [2.05, 4.69) is 20.3 Å². The number of hydrogen-bond acceptors (Lipinski definition) is 10. The van der Waals surface area contributed by atoms with Crippen molar-refractivity contribution in [3.8, 4) is 0 Å². The lowest BCUT2D eigenvalue weighted by Crippen LogP contribution is -2.61. The van der Waals surface area contributed by atoms with Gasteiger partial charge in [-0.15, -0.1) is 0 Å². The first-order valence-electron chi connectivity index (χ1n) is 10.1. The number of piperidine rings is 1. The summed E-state index contributed by atoms with van der Waals surface area (Å²) in [5, 5.41) is 45.1. The molecular formula is C19H30N6O5. The molecule has 0 spiro atoms. The number of fused-ring (bicyclic) bond motifs is 1. The first-order valence-corrected chi connectivity index (χ1v) is 10.1. The van der Waals surface area contributed by atoms with Crippen LogP contribution in [0, 0.1) is 0 Å². The molecule has 2 aromatic rings. The minimum atomic E-state index is -1.22. The van der Waals surface area contributed by atoms with E-state index in [1.165, 1.54) is 22.3 Å². The van der Waals surface area contributed by atoms with Gasteiger partial charge in [0.1, 0.15) is 24.6 Å². The third-order valence-electron chi connectivity index (χ3n) is 6.13. The van der Waals surface area contributed by atoms with Gasteiger partial charge in [-0.3, -0.25) is 4.57 Å². The highest BCUT2D eigenvalue weighted by atomic mass is 16.6. The van der Waals surface area contributed by atoms with Crippen LogP contribution in [0.4, 0.5) is 5.82 Å². The van der Waals surface area contributed by atoms with Crippen LogP contribution < -0.4 is 5.32 Å². The van der Waals surface area contributed by atoms with E-state index in [1.807, 2.05) is 27.7 Å². The molecule has 0 aromatic carbocycles. The summed E-state index contributed by atoms with van der Waals surface area (Å²) in [6.07, 6.45) is 0.0697. The van der Waals surface area contributed by atoms with Crippen LogP contribution in [-0.2, 0) is 4.74 Å². The maximum Gasteiger partial charge on any atom is 0.167 e. The molecule has 2 fully saturated rings. The molecule has 4 unspecified atom stereocenters. The Morgan fingerprint density at radius 2 is 1.77 bits per heavy atom. The molecule has 4 atom stereocenters. The van der Waals surface area contributed by atoms with Crippen LogP contribution in [0.5, 0.6) is 0 Å². The Kier molecular flexibility index (Phi) is 5.24. The number of aliphatic hydroxyl groups excluding tert-OH is 3. The molecule has 30 heavy (non-hydrogen) atoms. The molecule has 2 aliphatic rings. The van der Waals surface area contributed by atoms with E-state index < -0.39 is 42.2 Å². The minimum absolute atomic E-state index is 0.0514. The molecule has 2 saturated heterocycles. The molecule has 4 rings (SSSR count). The van der Waals surface area contributed by atoms with Gasteiger partial charge in [-0.1, -0.05) is 0 Å². The van der Waals surface area contributed by atoms with Gasteiger partial charge in [0.05, 0.1) is 12.9 Å². The average molecular weight is 422 g/mol. The van der Waals surface area contributed by atoms with Gasteiger partial charge in [0.25, 0.3) is 0 Å². The molecule has 11 heteroatoms. The molecule has 0 radical (unpaired) electrons. The Balaban J connectivity index is 1.62. The zero-order chi connectivity index (χ0) is 21.8. The monoisotopic (exact) mass is 422 g/mol. The van der Waals surface area contributed by atoms with Gasteiger partial charge in [0.15, 0.2) is 23.2 Å². The van der Waals surface area contributed by atoms with Crippen LogP contribution in [-0.4, -0.2) is 87.1 Å². The van der Waals surface area contributed by atoms with E-state index in [0.717, 1.165) is 0 Å². The van der Waals surface area contributed by atoms with E-state index in [1.54, 1.807) is 0 Å². The number of aromatic nitrogens is 4. The number of nitrogens with one attached hydrogen (secondary N) is 1. The second kappa shape index (κ2) is 7.36. The first kappa shape index (κ1) is 21.3. The van der Waals surface area contributed by atoms with E-state index in [-0.39, 0.29) is 6.04 Å². The third-order valence-corrected chi connectivity index (χ3v) is 6.13. The summed E-state index contributed by atoms with van der Waals surface area (Å²) in [5.74, 6) is 0.550. The van der Waals surface area contributed by atoms with Gasteiger partial charge in [-0.05, 0) is 40.5 Å². The van der Waals surface area contributed by atoms with Crippen molar-refractivity contribution in [3.63, 3.8) is 0 Å². The Bertz CT molecular complexity index is 900. The molecule has 166 valence electrons. The highest BCUT2D eigenvalue weighted by molar-refractivity contribution is 5.82. The normalized spacial score (nSPS) is 32.0. The summed E-state index contributed by atoms with van der Waals surface area (Å²) in [6, 6.07) is 0.0514. The zero-order valence-corrected chi connectivity index (χ0v) is 17.6. The number of anilines is 1. The molecule has 0 bridgehead atoms. The quantitative estimate of drug-likeness (QED) is 0.464. The summed E-state index contributed by atoms with van der Waals surface area (Å²) >= 11 is 0. The van der Waals surface area contributed by atoms with Crippen molar-refractivity contribution in [2.24, 2.45) is 0 Å². The fourth-order valence-corrected chi connectivity index (χ4v) is 4.82. The average Bonchev–Trinajstić information content (AvgIpc) is 3.22. The van der Waals surface area contributed by atoms with E-state index >= 15 is 0 Å². The molecule has 5 N–H and O–H groups in total. The Morgan fingerprint density at radius 1 is 1.10 bits per heavy atom. The molecule has 11 nitrogen and oxygen atoms in total. The predicted molar refractivity (Wildman–Crippen MR) is 107 cm³/mol. The van der Waals surface area contributed by atoms with Gasteiger partial charge >= 0.3 is 0 Å². The van der Waals surface area contributed by atoms with Crippen LogP contribution in [0.1, 0.15) is 46.8 Å². The van der Waals surface area contributed by atoms with Gasteiger partial charge in [0.2, 0.25) is 0 Å². The number of imidazole rings is 1. The van der Waals surface area contributed by atoms with Crippen molar-refractivity contribution >= 4 is 17.0 Å². The van der Waals surface area contributed by atoms with Crippen LogP contribution in [0.25, 0.3) is 11.2 Å². The maximum absolute atomic E-state index is 10.5. The topological polar surface area (TPSA) is 149 Å². The standard InChI is InChI=1S/C19H30N6O5/c1-18(2)5-10(6-19(3,4)25(18)29)23-15-12-16(21-8-20-15)24(9-22-12)17-14(28)13(27)11(7-26)30-17/h8-11,13-14,17,26-29H,5-7H2,1-4H3,(H,20,21,23). The van der Waals surface area contributed by atoms with Crippen molar-refractivity contribution in [2.75, 3.05) is 11.9 Å². The van der Waals surface area contributed by atoms with Gasteiger partial charge in [0, 0.05) is 17.1 Å². The molecule has 0 saturated carbocycles. The predicted octanol–water partition coefficient (Wildman–Crippen LogP) is 0.260. The van der Waals surface area contributed by atoms with Gasteiger partial charge < -0.3 is 30.6 Å². The second-order valence-corrected chi connectivity index (χ2v) is 9.46. The summed E-state index contributed by atoms with van der Waals surface area (Å²) in [5.41, 5.74) is 0.127. The number of ether oxygens (including phenoxy) is 1. The number of nitrogens with zero attached hydrogens (tertiary/aromatic N) is 5. The summed E-state index contributed by atoms with van der Waals surface area (Å²) in [7, 11) is 0. The van der Waals surface area contributed by atoms with Crippen LogP contribution in [0.15, 0.2) is 12.7 Å². The van der Waals surface area contributed by atoms with Crippen molar-refractivity contribution in [2.45, 2.75) is 82.2 Å². The fourth-order valence-electron chi connectivity index (χ4n) is 4.82. The summed E-state index contributed by atoms with van der Waals surface area (Å²) < 4.78 is 7.14. The highest BCUT2D eigenvalue weighted by Crippen LogP contribution is 2.38. The second-order valence-electron chi connectivity index (χ2n) is 9.46. The summed E-state index contributed by atoms with van der Waals surface area (Å²) in [6.45, 7) is 7.57. The number of rotatable bonds is 4. The van der Waals surface area contributed by atoms with E-state index in [9.17, 15) is 20.5 Å². The smallest absolute Gasteiger partial charge is 0.167 e. The third kappa shape index (κ3) is 3.45. The van der Waals surface area contributed by atoms with Crippen molar-refractivity contribution in [1.82, 2.24) is 24.6 Å². The highest BCUT2D eigenvalue weighted by Gasteiger charge is 2.46. The van der Waals surface area contributed by atoms with Crippen LogP contribution in [0.2, 0.25) is 0 Å². The van der Waals surface area contributed by atoms with Crippen LogP contribution in [0.3, 0.4) is 0 Å². The molecule has 0 aliphatic carbocycles. The summed E-state index contributed by atoms with van der Waals surface area (Å²) in [4.78, 5) is 13.0.